The van der Waals surface area contributed by atoms with Crippen LogP contribution >= 0.6 is 15.9 Å². The van der Waals surface area contributed by atoms with Crippen molar-refractivity contribution >= 4 is 21.7 Å². The monoisotopic (exact) mass is 317 g/mol. The molecule has 0 radical (unpaired) electrons. The second-order valence-electron chi connectivity index (χ2n) is 4.82. The van der Waals surface area contributed by atoms with E-state index < -0.39 is 0 Å². The van der Waals surface area contributed by atoms with Gasteiger partial charge < -0.3 is 5.32 Å². The highest BCUT2D eigenvalue weighted by atomic mass is 79.9. The molecule has 19 heavy (non-hydrogen) atoms. The van der Waals surface area contributed by atoms with E-state index in [2.05, 4.69) is 62.4 Å². The SMILES string of the molecule is CCNc1nc(-c2cccc(C3CC3)c2)ncc1Br. The molecule has 0 amide bonds. The first-order valence-electron chi connectivity index (χ1n) is 6.64. The topological polar surface area (TPSA) is 37.8 Å². The molecule has 98 valence electrons. The summed E-state index contributed by atoms with van der Waals surface area (Å²) in [5.74, 6) is 2.38. The quantitative estimate of drug-likeness (QED) is 0.917. The van der Waals surface area contributed by atoms with E-state index in [1.807, 2.05) is 6.20 Å². The molecule has 3 nitrogen and oxygen atoms in total. The molecule has 1 aliphatic rings. The van der Waals surface area contributed by atoms with E-state index in [9.17, 15) is 0 Å². The molecule has 0 atom stereocenters. The van der Waals surface area contributed by atoms with Gasteiger partial charge in [-0.3, -0.25) is 0 Å². The summed E-state index contributed by atoms with van der Waals surface area (Å²) >= 11 is 3.46. The molecule has 0 bridgehead atoms. The van der Waals surface area contributed by atoms with E-state index in [1.54, 1.807) is 0 Å². The van der Waals surface area contributed by atoms with E-state index in [0.29, 0.717) is 0 Å². The fraction of sp³-hybridized carbons (Fsp3) is 0.333. The van der Waals surface area contributed by atoms with E-state index >= 15 is 0 Å². The second-order valence-corrected chi connectivity index (χ2v) is 5.67. The smallest absolute Gasteiger partial charge is 0.161 e. The summed E-state index contributed by atoms with van der Waals surface area (Å²) in [5.41, 5.74) is 2.50. The van der Waals surface area contributed by atoms with Crippen LogP contribution < -0.4 is 5.32 Å². The number of nitrogens with one attached hydrogen (secondary N) is 1. The first-order chi connectivity index (χ1) is 9.28. The van der Waals surface area contributed by atoms with E-state index in [-0.39, 0.29) is 0 Å². The van der Waals surface area contributed by atoms with Crippen LogP contribution in [0.3, 0.4) is 0 Å². The van der Waals surface area contributed by atoms with Crippen LogP contribution in [0.25, 0.3) is 11.4 Å². The highest BCUT2D eigenvalue weighted by Crippen LogP contribution is 2.40. The van der Waals surface area contributed by atoms with Gasteiger partial charge >= 0.3 is 0 Å². The van der Waals surface area contributed by atoms with Crippen LogP contribution in [0, 0.1) is 0 Å². The predicted octanol–water partition coefficient (Wildman–Crippen LogP) is 4.22. The predicted molar refractivity (Wildman–Crippen MR) is 81.3 cm³/mol. The number of halogens is 1. The molecule has 0 saturated heterocycles. The largest absolute Gasteiger partial charge is 0.369 e. The Morgan fingerprint density at radius 3 is 2.95 bits per heavy atom. The van der Waals surface area contributed by atoms with Crippen LogP contribution in [0.4, 0.5) is 5.82 Å². The van der Waals surface area contributed by atoms with Crippen molar-refractivity contribution in [1.29, 1.82) is 0 Å². The lowest BCUT2D eigenvalue weighted by Gasteiger charge is -2.08. The van der Waals surface area contributed by atoms with Crippen LogP contribution in [0.2, 0.25) is 0 Å². The molecular formula is C15H16BrN3. The molecule has 1 aliphatic carbocycles. The number of hydrogen-bond acceptors (Lipinski definition) is 3. The Kier molecular flexibility index (Phi) is 3.51. The summed E-state index contributed by atoms with van der Waals surface area (Å²) in [6, 6.07) is 8.59. The highest BCUT2D eigenvalue weighted by molar-refractivity contribution is 9.10. The zero-order valence-electron chi connectivity index (χ0n) is 10.9. The van der Waals surface area contributed by atoms with Gasteiger partial charge in [-0.25, -0.2) is 9.97 Å². The van der Waals surface area contributed by atoms with Gasteiger partial charge in [0.25, 0.3) is 0 Å². The molecule has 0 aliphatic heterocycles. The minimum atomic E-state index is 0.753. The molecule has 0 spiro atoms. The maximum atomic E-state index is 4.58. The Hall–Kier alpha value is -1.42. The summed E-state index contributed by atoms with van der Waals surface area (Å²) in [7, 11) is 0. The second kappa shape index (κ2) is 5.29. The maximum absolute atomic E-state index is 4.58. The third kappa shape index (κ3) is 2.78. The standard InChI is InChI=1S/C15H16BrN3/c1-2-17-15-13(16)9-18-14(19-15)12-5-3-4-11(8-12)10-6-7-10/h3-5,8-10H,2,6-7H2,1H3,(H,17,18,19). The van der Waals surface area contributed by atoms with Gasteiger partial charge in [0.1, 0.15) is 5.82 Å². The van der Waals surface area contributed by atoms with Crippen molar-refractivity contribution < 1.29 is 0 Å². The highest BCUT2D eigenvalue weighted by Gasteiger charge is 2.23. The Labute approximate surface area is 121 Å². The molecule has 1 N–H and O–H groups in total. The average molecular weight is 318 g/mol. The number of hydrogen-bond donors (Lipinski definition) is 1. The zero-order valence-corrected chi connectivity index (χ0v) is 12.4. The van der Waals surface area contributed by atoms with Crippen molar-refractivity contribution in [3.63, 3.8) is 0 Å². The van der Waals surface area contributed by atoms with Crippen molar-refractivity contribution in [2.75, 3.05) is 11.9 Å². The zero-order chi connectivity index (χ0) is 13.2. The Morgan fingerprint density at radius 2 is 2.21 bits per heavy atom. The van der Waals surface area contributed by atoms with Gasteiger partial charge in [0.05, 0.1) is 4.47 Å². The minimum absolute atomic E-state index is 0.753. The lowest BCUT2D eigenvalue weighted by atomic mass is 10.1. The van der Waals surface area contributed by atoms with Gasteiger partial charge in [-0.2, -0.15) is 0 Å². The van der Waals surface area contributed by atoms with Crippen LogP contribution in [0.5, 0.6) is 0 Å². The Balaban J connectivity index is 1.96. The Bertz CT molecular complexity index is 594. The molecule has 2 aromatic rings. The van der Waals surface area contributed by atoms with Gasteiger partial charge in [0, 0.05) is 18.3 Å². The third-order valence-corrected chi connectivity index (χ3v) is 3.86. The summed E-state index contributed by atoms with van der Waals surface area (Å²) in [5, 5.41) is 3.24. The van der Waals surface area contributed by atoms with Gasteiger partial charge in [0.15, 0.2) is 5.82 Å². The van der Waals surface area contributed by atoms with Crippen molar-refractivity contribution in [2.45, 2.75) is 25.7 Å². The van der Waals surface area contributed by atoms with E-state index in [0.717, 1.165) is 34.1 Å². The fourth-order valence-electron chi connectivity index (χ4n) is 2.15. The van der Waals surface area contributed by atoms with Gasteiger partial charge in [0.2, 0.25) is 0 Å². The third-order valence-electron chi connectivity index (χ3n) is 3.28. The molecule has 0 unspecified atom stereocenters. The number of rotatable bonds is 4. The van der Waals surface area contributed by atoms with E-state index in [1.165, 1.54) is 18.4 Å². The van der Waals surface area contributed by atoms with Crippen molar-refractivity contribution in [3.8, 4) is 11.4 Å². The summed E-state index contributed by atoms with van der Waals surface area (Å²) in [6.07, 6.45) is 4.44. The maximum Gasteiger partial charge on any atom is 0.161 e. The van der Waals surface area contributed by atoms with Crippen LogP contribution in [-0.4, -0.2) is 16.5 Å². The van der Waals surface area contributed by atoms with Gasteiger partial charge in [-0.15, -0.1) is 0 Å². The number of benzene rings is 1. The first-order valence-corrected chi connectivity index (χ1v) is 7.44. The number of nitrogens with zero attached hydrogens (tertiary/aromatic N) is 2. The summed E-state index contributed by atoms with van der Waals surface area (Å²) in [6.45, 7) is 2.90. The van der Waals surface area contributed by atoms with Crippen molar-refractivity contribution in [1.82, 2.24) is 9.97 Å². The van der Waals surface area contributed by atoms with Crippen LogP contribution in [-0.2, 0) is 0 Å². The van der Waals surface area contributed by atoms with Crippen LogP contribution in [0.1, 0.15) is 31.2 Å². The van der Waals surface area contributed by atoms with Crippen LogP contribution in [0.15, 0.2) is 34.9 Å². The minimum Gasteiger partial charge on any atom is -0.369 e. The normalized spacial score (nSPS) is 14.4. The number of aromatic nitrogens is 2. The molecule has 1 heterocycles. The lowest BCUT2D eigenvalue weighted by molar-refractivity contribution is 1.09. The van der Waals surface area contributed by atoms with Crippen molar-refractivity contribution in [3.05, 3.63) is 40.5 Å². The van der Waals surface area contributed by atoms with Gasteiger partial charge in [-0.05, 0) is 53.2 Å². The molecule has 3 rings (SSSR count). The molecule has 1 fully saturated rings. The fourth-order valence-corrected chi connectivity index (χ4v) is 2.48. The summed E-state index contributed by atoms with van der Waals surface area (Å²) in [4.78, 5) is 9.00. The van der Waals surface area contributed by atoms with Crippen molar-refractivity contribution in [2.24, 2.45) is 0 Å². The molecular weight excluding hydrogens is 302 g/mol. The molecule has 1 aromatic carbocycles. The Morgan fingerprint density at radius 1 is 1.37 bits per heavy atom. The molecule has 4 heteroatoms. The molecule has 1 aromatic heterocycles. The average Bonchev–Trinajstić information content (AvgIpc) is 3.26. The summed E-state index contributed by atoms with van der Waals surface area (Å²) < 4.78 is 0.899. The first kappa shape index (κ1) is 12.6. The van der Waals surface area contributed by atoms with E-state index in [4.69, 9.17) is 0 Å². The number of anilines is 1. The van der Waals surface area contributed by atoms with Gasteiger partial charge in [-0.1, -0.05) is 18.2 Å². The lowest BCUT2D eigenvalue weighted by Crippen LogP contribution is -2.02. The molecule has 1 saturated carbocycles.